The minimum absolute atomic E-state index is 0.188. The summed E-state index contributed by atoms with van der Waals surface area (Å²) in [7, 11) is 0. The molecule has 19 heavy (non-hydrogen) atoms. The average molecular weight is 258 g/mol. The van der Waals surface area contributed by atoms with E-state index in [-0.39, 0.29) is 11.3 Å². The van der Waals surface area contributed by atoms with Crippen molar-refractivity contribution in [2.24, 2.45) is 11.3 Å². The van der Waals surface area contributed by atoms with Crippen LogP contribution >= 0.6 is 0 Å². The Kier molecular flexibility index (Phi) is 4.13. The van der Waals surface area contributed by atoms with Gasteiger partial charge in [0.1, 0.15) is 5.78 Å². The zero-order valence-corrected chi connectivity index (χ0v) is 12.8. The van der Waals surface area contributed by atoms with Gasteiger partial charge in [-0.25, -0.2) is 0 Å². The van der Waals surface area contributed by atoms with Gasteiger partial charge in [-0.3, -0.25) is 4.79 Å². The van der Waals surface area contributed by atoms with Crippen molar-refractivity contribution >= 4 is 5.78 Å². The van der Waals surface area contributed by atoms with Crippen LogP contribution in [0.25, 0.3) is 0 Å². The lowest BCUT2D eigenvalue weighted by atomic mass is 9.66. The molecule has 0 spiro atoms. The molecule has 0 amide bonds. The Hall–Kier alpha value is -1.11. The van der Waals surface area contributed by atoms with Crippen molar-refractivity contribution in [3.63, 3.8) is 0 Å². The van der Waals surface area contributed by atoms with E-state index in [1.165, 1.54) is 36.0 Å². The summed E-state index contributed by atoms with van der Waals surface area (Å²) in [5, 5.41) is 0. The van der Waals surface area contributed by atoms with Gasteiger partial charge in [0.25, 0.3) is 0 Å². The van der Waals surface area contributed by atoms with Crippen LogP contribution in [-0.4, -0.2) is 5.78 Å². The number of carbonyl (C=O) groups excluding carboxylic acids is 1. The van der Waals surface area contributed by atoms with Crippen molar-refractivity contribution < 1.29 is 4.79 Å². The molecule has 1 saturated carbocycles. The molecule has 1 aromatic carbocycles. The Morgan fingerprint density at radius 2 is 2.00 bits per heavy atom. The summed E-state index contributed by atoms with van der Waals surface area (Å²) in [6, 6.07) is 6.42. The fourth-order valence-electron chi connectivity index (χ4n) is 3.39. The van der Waals surface area contributed by atoms with Crippen molar-refractivity contribution in [1.29, 1.82) is 0 Å². The fraction of sp³-hybridized carbons (Fsp3) is 0.611. The summed E-state index contributed by atoms with van der Waals surface area (Å²) in [5.74, 6) is 0.694. The van der Waals surface area contributed by atoms with E-state index in [4.69, 9.17) is 0 Å². The smallest absolute Gasteiger partial charge is 0.140 e. The van der Waals surface area contributed by atoms with Crippen LogP contribution in [0.1, 0.15) is 56.2 Å². The normalized spacial score (nSPS) is 22.2. The van der Waals surface area contributed by atoms with Crippen molar-refractivity contribution in [2.75, 3.05) is 0 Å². The van der Waals surface area contributed by atoms with Crippen molar-refractivity contribution in [3.8, 4) is 0 Å². The number of aryl methyl sites for hydroxylation is 2. The first-order valence-corrected chi connectivity index (χ1v) is 7.49. The van der Waals surface area contributed by atoms with E-state index in [0.717, 1.165) is 6.42 Å². The Balaban J connectivity index is 2.14. The molecule has 0 heterocycles. The maximum atomic E-state index is 12.6. The lowest BCUT2D eigenvalue weighted by molar-refractivity contribution is -0.127. The van der Waals surface area contributed by atoms with Gasteiger partial charge in [0.05, 0.1) is 0 Å². The predicted octanol–water partition coefficient (Wildman–Crippen LogP) is 4.63. The molecule has 1 nitrogen and oxygen atoms in total. The Labute approximate surface area is 117 Å². The Bertz CT molecular complexity index is 471. The zero-order valence-electron chi connectivity index (χ0n) is 12.8. The topological polar surface area (TPSA) is 17.1 Å². The first-order chi connectivity index (χ1) is 8.90. The molecular weight excluding hydrogens is 232 g/mol. The highest BCUT2D eigenvalue weighted by Gasteiger charge is 2.36. The highest BCUT2D eigenvalue weighted by atomic mass is 16.1. The molecule has 1 aliphatic carbocycles. The van der Waals surface area contributed by atoms with Crippen LogP contribution in [0.4, 0.5) is 0 Å². The molecule has 0 bridgehead atoms. The molecule has 1 atom stereocenters. The molecule has 104 valence electrons. The Morgan fingerprint density at radius 1 is 1.26 bits per heavy atom. The van der Waals surface area contributed by atoms with Crippen molar-refractivity contribution in [1.82, 2.24) is 0 Å². The van der Waals surface area contributed by atoms with E-state index >= 15 is 0 Å². The number of Topliss-reactive ketones (excluding diaryl/α,β-unsaturated/α-hetero) is 1. The largest absolute Gasteiger partial charge is 0.299 e. The molecule has 1 aromatic rings. The summed E-state index contributed by atoms with van der Waals surface area (Å²) >= 11 is 0. The molecule has 0 aliphatic heterocycles. The standard InChI is InChI=1S/C18H26O/c1-13-8-9-14(2)15(11-13)12-17(19)16-7-5-6-10-18(16,3)4/h8-9,11,16H,5-7,10,12H2,1-4H3. The quantitative estimate of drug-likeness (QED) is 0.772. The maximum Gasteiger partial charge on any atom is 0.140 e. The minimum Gasteiger partial charge on any atom is -0.299 e. The number of hydrogen-bond donors (Lipinski definition) is 0. The second-order valence-corrected chi connectivity index (χ2v) is 6.86. The third-order valence-electron chi connectivity index (χ3n) is 4.77. The second-order valence-electron chi connectivity index (χ2n) is 6.86. The van der Waals surface area contributed by atoms with Crippen LogP contribution in [0.5, 0.6) is 0 Å². The lowest BCUT2D eigenvalue weighted by Gasteiger charge is -2.37. The van der Waals surface area contributed by atoms with Crippen LogP contribution in [0.3, 0.4) is 0 Å². The van der Waals surface area contributed by atoms with Gasteiger partial charge in [-0.15, -0.1) is 0 Å². The second kappa shape index (κ2) is 5.48. The first-order valence-electron chi connectivity index (χ1n) is 7.49. The van der Waals surface area contributed by atoms with E-state index in [1.54, 1.807) is 0 Å². The van der Waals surface area contributed by atoms with Gasteiger partial charge in [0, 0.05) is 12.3 Å². The molecule has 0 N–H and O–H groups in total. The zero-order chi connectivity index (χ0) is 14.0. The van der Waals surface area contributed by atoms with Crippen molar-refractivity contribution in [3.05, 3.63) is 34.9 Å². The summed E-state index contributed by atoms with van der Waals surface area (Å²) in [6.07, 6.45) is 5.38. The van der Waals surface area contributed by atoms with Gasteiger partial charge in [0.15, 0.2) is 0 Å². The summed E-state index contributed by atoms with van der Waals surface area (Å²) in [6.45, 7) is 8.72. The summed E-state index contributed by atoms with van der Waals surface area (Å²) in [4.78, 5) is 12.6. The molecule has 1 unspecified atom stereocenters. The molecular formula is C18H26O. The van der Waals surface area contributed by atoms with Crippen molar-refractivity contribution in [2.45, 2.75) is 59.8 Å². The van der Waals surface area contributed by atoms with E-state index < -0.39 is 0 Å². The third kappa shape index (κ3) is 3.26. The number of ketones is 1. The van der Waals surface area contributed by atoms with Crippen LogP contribution < -0.4 is 0 Å². The van der Waals surface area contributed by atoms with Gasteiger partial charge in [-0.1, -0.05) is 50.5 Å². The number of benzene rings is 1. The molecule has 2 rings (SSSR count). The van der Waals surface area contributed by atoms with E-state index in [2.05, 4.69) is 45.9 Å². The maximum absolute atomic E-state index is 12.6. The average Bonchev–Trinajstić information content (AvgIpc) is 2.33. The van der Waals surface area contributed by atoms with E-state index in [0.29, 0.717) is 12.2 Å². The van der Waals surface area contributed by atoms with Crippen LogP contribution in [0.15, 0.2) is 18.2 Å². The van der Waals surface area contributed by atoms with Crippen LogP contribution in [0, 0.1) is 25.2 Å². The van der Waals surface area contributed by atoms with Gasteiger partial charge in [0.2, 0.25) is 0 Å². The monoisotopic (exact) mass is 258 g/mol. The third-order valence-corrected chi connectivity index (χ3v) is 4.77. The molecule has 0 saturated heterocycles. The van der Waals surface area contributed by atoms with Gasteiger partial charge >= 0.3 is 0 Å². The molecule has 1 aliphatic rings. The molecule has 1 fully saturated rings. The minimum atomic E-state index is 0.188. The van der Waals surface area contributed by atoms with Crippen LogP contribution in [-0.2, 0) is 11.2 Å². The molecule has 1 heteroatoms. The van der Waals surface area contributed by atoms with Gasteiger partial charge in [-0.2, -0.15) is 0 Å². The number of rotatable bonds is 3. The molecule has 0 radical (unpaired) electrons. The Morgan fingerprint density at radius 3 is 2.68 bits per heavy atom. The summed E-state index contributed by atoms with van der Waals surface area (Å²) in [5.41, 5.74) is 3.89. The SMILES string of the molecule is Cc1ccc(C)c(CC(=O)C2CCCCC2(C)C)c1. The van der Waals surface area contributed by atoms with E-state index in [1.807, 2.05) is 0 Å². The van der Waals surface area contributed by atoms with Gasteiger partial charge < -0.3 is 0 Å². The van der Waals surface area contributed by atoms with Gasteiger partial charge in [-0.05, 0) is 43.2 Å². The van der Waals surface area contributed by atoms with Crippen LogP contribution in [0.2, 0.25) is 0 Å². The highest BCUT2D eigenvalue weighted by Crippen LogP contribution is 2.41. The molecule has 0 aromatic heterocycles. The fourth-order valence-corrected chi connectivity index (χ4v) is 3.39. The lowest BCUT2D eigenvalue weighted by Crippen LogP contribution is -2.35. The van der Waals surface area contributed by atoms with E-state index in [9.17, 15) is 4.79 Å². The summed E-state index contributed by atoms with van der Waals surface area (Å²) < 4.78 is 0. The first kappa shape index (κ1) is 14.3. The highest BCUT2D eigenvalue weighted by molar-refractivity contribution is 5.84. The number of hydrogen-bond acceptors (Lipinski definition) is 1. The predicted molar refractivity (Wildman–Crippen MR) is 80.4 cm³/mol. The number of carbonyl (C=O) groups is 1.